The molecule has 4 saturated heterocycles. The molecule has 0 saturated carbocycles. The van der Waals surface area contributed by atoms with Gasteiger partial charge in [-0.25, -0.2) is 0 Å². The molecule has 0 bridgehead atoms. The minimum atomic E-state index is 0.204. The van der Waals surface area contributed by atoms with E-state index in [0.29, 0.717) is 39.8 Å². The second-order valence-corrected chi connectivity index (χ2v) is 35.2. The molecule has 0 aliphatic carbocycles. The van der Waals surface area contributed by atoms with Crippen LogP contribution in [0.3, 0.4) is 0 Å². The van der Waals surface area contributed by atoms with Crippen LogP contribution < -0.4 is 31.9 Å². The summed E-state index contributed by atoms with van der Waals surface area (Å²) >= 11 is 0. The number of likely N-dealkylation sites (tertiary alicyclic amines) is 1. The van der Waals surface area contributed by atoms with E-state index in [2.05, 4.69) is 316 Å². The number of nitrogens with zero attached hydrogens (tertiary/aromatic N) is 5. The maximum Gasteiger partial charge on any atom is 0.0594 e. The van der Waals surface area contributed by atoms with Crippen LogP contribution in [-0.2, 0) is 11.3 Å². The summed E-state index contributed by atoms with van der Waals surface area (Å²) in [7, 11) is 2.19. The first-order valence-electron chi connectivity index (χ1n) is 36.3. The van der Waals surface area contributed by atoms with Gasteiger partial charge in [0.05, 0.1) is 13.2 Å². The Morgan fingerprint density at radius 1 is 0.467 bits per heavy atom. The van der Waals surface area contributed by atoms with Crippen molar-refractivity contribution in [2.75, 3.05) is 112 Å². The maximum absolute atomic E-state index is 5.25. The van der Waals surface area contributed by atoms with Crippen molar-refractivity contribution >= 4 is 0 Å². The van der Waals surface area contributed by atoms with Crippen LogP contribution >= 0.6 is 0 Å². The van der Waals surface area contributed by atoms with Crippen LogP contribution in [0.4, 0.5) is 0 Å². The number of rotatable bonds is 13. The van der Waals surface area contributed by atoms with E-state index in [1.807, 2.05) is 12.1 Å². The standard InChI is InChI=1S/C11H17N.C11H25N.C9H20N2.C9H19N.C8H18N2.C8H17NO.C8H19N.C7H17N.C7H15N/c1-11(2,3)12-9-10-7-5-4-6-8-10;1-5-6-7-8-9-10-12-11(2,3)4;1-9(2,3)11-7-5-10(4)6-8-11;1-9(2,3)10-7-5-4-6-8-10;1-8(2,3)10-6-4-9-5-7-10;1-8(2,3)9-4-6-10-7-5-9;1-6-7(2)9-8(3,4)5;1-6(2)8-7(3,4)5;1-5-6-8-7(2,3)4/h4-8,12H,9H2,1-3H3;12H,5-10H2,1-4H3;5-8H2,1-4H3;4-8H2,1-3H3;9H,4-7H2,1-3H3;4-7H2,1-3H3;7,9H,6H2,1-5H3;6,8H,1-5H3;5,8H,1,6H2,2-4H3. The third kappa shape index (κ3) is 67.9. The van der Waals surface area contributed by atoms with Crippen LogP contribution in [-0.4, -0.2) is 198 Å². The van der Waals surface area contributed by atoms with Gasteiger partial charge in [0.1, 0.15) is 0 Å². The molecule has 540 valence electrons. The van der Waals surface area contributed by atoms with Crippen molar-refractivity contribution in [3.8, 4) is 0 Å². The zero-order chi connectivity index (χ0) is 70.7. The number of unbranched alkanes of at least 4 members (excludes halogenated alkanes) is 4. The molecular weight excluding hydrogens is 1110 g/mol. The highest BCUT2D eigenvalue weighted by atomic mass is 16.5. The van der Waals surface area contributed by atoms with E-state index in [4.69, 9.17) is 4.74 Å². The summed E-state index contributed by atoms with van der Waals surface area (Å²) in [5.41, 5.74) is 4.07. The molecule has 4 heterocycles. The Kier molecular flexibility index (Phi) is 51.7. The molecule has 1 aromatic rings. The number of hydrogen-bond acceptors (Lipinski definition) is 12. The van der Waals surface area contributed by atoms with Crippen LogP contribution in [0.15, 0.2) is 43.0 Å². The maximum atomic E-state index is 5.25. The quantitative estimate of drug-likeness (QED) is 0.0839. The van der Waals surface area contributed by atoms with Gasteiger partial charge >= 0.3 is 0 Å². The third-order valence-electron chi connectivity index (χ3n) is 15.2. The topological polar surface area (TPSA) is 97.6 Å². The van der Waals surface area contributed by atoms with Crippen molar-refractivity contribution in [2.45, 2.75) is 348 Å². The number of hydrogen-bond donors (Lipinski definition) is 6. The number of piperidine rings is 1. The van der Waals surface area contributed by atoms with E-state index in [-0.39, 0.29) is 22.2 Å². The van der Waals surface area contributed by atoms with Gasteiger partial charge in [0.2, 0.25) is 0 Å². The highest BCUT2D eigenvalue weighted by Gasteiger charge is 2.26. The monoisotopic (exact) mass is 1270 g/mol. The Bertz CT molecular complexity index is 1670. The molecule has 4 fully saturated rings. The van der Waals surface area contributed by atoms with E-state index in [0.717, 1.165) is 52.5 Å². The molecule has 1 unspecified atom stereocenters. The average molecular weight is 1280 g/mol. The highest BCUT2D eigenvalue weighted by molar-refractivity contribution is 5.14. The Labute approximate surface area is 566 Å². The van der Waals surface area contributed by atoms with Crippen molar-refractivity contribution < 1.29 is 4.74 Å². The minimum absolute atomic E-state index is 0.204. The van der Waals surface area contributed by atoms with Gasteiger partial charge in [-0.15, -0.1) is 6.58 Å². The fourth-order valence-corrected chi connectivity index (χ4v) is 9.85. The van der Waals surface area contributed by atoms with Gasteiger partial charge in [0, 0.05) is 140 Å². The van der Waals surface area contributed by atoms with E-state index < -0.39 is 0 Å². The van der Waals surface area contributed by atoms with Crippen LogP contribution in [0.2, 0.25) is 0 Å². The van der Waals surface area contributed by atoms with E-state index in [9.17, 15) is 0 Å². The molecule has 6 N–H and O–H groups in total. The van der Waals surface area contributed by atoms with Crippen molar-refractivity contribution in [1.29, 1.82) is 0 Å². The summed E-state index contributed by atoms with van der Waals surface area (Å²) in [6.07, 6.45) is 14.2. The first-order valence-corrected chi connectivity index (χ1v) is 36.3. The molecule has 0 aromatic heterocycles. The fourth-order valence-electron chi connectivity index (χ4n) is 9.85. The summed E-state index contributed by atoms with van der Waals surface area (Å²) in [4.78, 5) is 12.5. The summed E-state index contributed by atoms with van der Waals surface area (Å²) in [5, 5.41) is 20.4. The van der Waals surface area contributed by atoms with Gasteiger partial charge in [-0.2, -0.15) is 0 Å². The average Bonchev–Trinajstić information content (AvgIpc) is 3.25. The Balaban J connectivity index is -0.000000464. The molecule has 1 aromatic carbocycles. The lowest BCUT2D eigenvalue weighted by Crippen LogP contribution is -2.52. The molecule has 12 heteroatoms. The number of nitrogens with one attached hydrogen (secondary N) is 6. The third-order valence-corrected chi connectivity index (χ3v) is 15.2. The van der Waals surface area contributed by atoms with Crippen molar-refractivity contribution in [3.63, 3.8) is 0 Å². The molecule has 5 rings (SSSR count). The van der Waals surface area contributed by atoms with Gasteiger partial charge in [-0.3, -0.25) is 19.6 Å². The summed E-state index contributed by atoms with van der Waals surface area (Å²) in [5.74, 6) is 0. The number of piperazine rings is 2. The predicted molar refractivity (Wildman–Crippen MR) is 409 cm³/mol. The van der Waals surface area contributed by atoms with Crippen LogP contribution in [0, 0.1) is 0 Å². The smallest absolute Gasteiger partial charge is 0.0594 e. The number of likely N-dealkylation sites (N-methyl/N-ethyl adjacent to an activating group) is 1. The molecule has 90 heavy (non-hydrogen) atoms. The van der Waals surface area contributed by atoms with E-state index in [1.54, 1.807) is 0 Å². The molecule has 12 nitrogen and oxygen atoms in total. The van der Waals surface area contributed by atoms with Crippen molar-refractivity contribution in [1.82, 2.24) is 56.4 Å². The molecular formula is C78H167N11O. The van der Waals surface area contributed by atoms with Gasteiger partial charge in [-0.05, 0) is 252 Å². The highest BCUT2D eigenvalue weighted by Crippen LogP contribution is 2.20. The normalized spacial score (nSPS) is 17.5. The Hall–Kier alpha value is -1.52. The van der Waals surface area contributed by atoms with Gasteiger partial charge in [0.15, 0.2) is 0 Å². The SMILES string of the molecule is C=CCNC(C)(C)C.CC(C)(C)N1CCCCC1.CC(C)(C)N1CCNCC1.CC(C)(C)N1CCOCC1.CC(C)(C)NCc1ccccc1.CC(C)NC(C)(C)C.CCC(C)NC(C)(C)C.CCCCCCCNC(C)(C)C.CN1CCN(C(C)(C)C)CC1. The number of ether oxygens (including phenoxy) is 1. The van der Waals surface area contributed by atoms with Gasteiger partial charge in [0.25, 0.3) is 0 Å². The molecule has 4 aliphatic heterocycles. The largest absolute Gasteiger partial charge is 0.379 e. The second kappa shape index (κ2) is 49.1. The molecule has 4 aliphatic rings. The zero-order valence-corrected chi connectivity index (χ0v) is 67.4. The van der Waals surface area contributed by atoms with Gasteiger partial charge < -0.3 is 41.5 Å². The van der Waals surface area contributed by atoms with E-state index in [1.165, 1.54) is 122 Å². The number of morpholine rings is 1. The fraction of sp³-hybridized carbons (Fsp3) is 0.897. The first kappa shape index (κ1) is 94.9. The van der Waals surface area contributed by atoms with E-state index >= 15 is 0 Å². The van der Waals surface area contributed by atoms with Crippen LogP contribution in [0.1, 0.15) is 285 Å². The lowest BCUT2D eigenvalue weighted by Gasteiger charge is -2.41. The molecule has 0 spiro atoms. The predicted octanol–water partition coefficient (Wildman–Crippen LogP) is 16.5. The molecule has 1 atom stereocenters. The minimum Gasteiger partial charge on any atom is -0.379 e. The lowest BCUT2D eigenvalue weighted by atomic mass is 10.0. The summed E-state index contributed by atoms with van der Waals surface area (Å²) in [6, 6.07) is 11.7. The summed E-state index contributed by atoms with van der Waals surface area (Å²) in [6.45, 7) is 93.8. The zero-order valence-electron chi connectivity index (χ0n) is 67.4. The first-order chi connectivity index (χ1) is 40.9. The lowest BCUT2D eigenvalue weighted by molar-refractivity contribution is -0.00389. The molecule has 0 amide bonds. The number of benzene rings is 1. The molecule has 0 radical (unpaired) electrons. The van der Waals surface area contributed by atoms with Crippen LogP contribution in [0.25, 0.3) is 0 Å². The Morgan fingerprint density at radius 2 is 0.867 bits per heavy atom. The van der Waals surface area contributed by atoms with Gasteiger partial charge in [-0.1, -0.05) is 96.2 Å². The second-order valence-electron chi connectivity index (χ2n) is 35.2. The van der Waals surface area contributed by atoms with Crippen molar-refractivity contribution in [3.05, 3.63) is 48.6 Å². The van der Waals surface area contributed by atoms with Crippen LogP contribution in [0.5, 0.6) is 0 Å². The Morgan fingerprint density at radius 3 is 1.17 bits per heavy atom. The van der Waals surface area contributed by atoms with Crippen molar-refractivity contribution in [2.24, 2.45) is 0 Å². The summed E-state index contributed by atoms with van der Waals surface area (Å²) < 4.78 is 5.25.